The van der Waals surface area contributed by atoms with E-state index in [4.69, 9.17) is 14.2 Å². The zero-order valence-corrected chi connectivity index (χ0v) is 17.8. The van der Waals surface area contributed by atoms with Gasteiger partial charge in [0.15, 0.2) is 11.6 Å². The SMILES string of the molecule is COCCC(=O)N[C@H]1C(C)(C)[C@@H]2C[C@@H]3[C@@H](c4cccc(OC)c4F)OCCC31C2. The fraction of sp³-hybridized carbons (Fsp3) is 0.696. The van der Waals surface area contributed by atoms with E-state index < -0.39 is 0 Å². The highest BCUT2D eigenvalue weighted by atomic mass is 19.1. The van der Waals surface area contributed by atoms with Crippen LogP contribution >= 0.6 is 0 Å². The average molecular weight is 406 g/mol. The molecule has 160 valence electrons. The van der Waals surface area contributed by atoms with E-state index >= 15 is 4.39 Å². The molecule has 2 bridgehead atoms. The van der Waals surface area contributed by atoms with E-state index in [1.165, 1.54) is 7.11 Å². The highest BCUT2D eigenvalue weighted by molar-refractivity contribution is 5.76. The second-order valence-corrected chi connectivity index (χ2v) is 9.45. The normalized spacial score (nSPS) is 34.7. The number of amides is 1. The van der Waals surface area contributed by atoms with E-state index in [1.54, 1.807) is 13.2 Å². The van der Waals surface area contributed by atoms with Gasteiger partial charge in [0.1, 0.15) is 0 Å². The summed E-state index contributed by atoms with van der Waals surface area (Å²) >= 11 is 0. The number of fused-ring (bicyclic) bond motifs is 1. The lowest BCUT2D eigenvalue weighted by atomic mass is 9.58. The van der Waals surface area contributed by atoms with Gasteiger partial charge >= 0.3 is 0 Å². The van der Waals surface area contributed by atoms with Crippen LogP contribution in [0.3, 0.4) is 0 Å². The van der Waals surface area contributed by atoms with Gasteiger partial charge in [-0.1, -0.05) is 26.0 Å². The van der Waals surface area contributed by atoms with E-state index in [2.05, 4.69) is 19.2 Å². The third-order valence-corrected chi connectivity index (χ3v) is 7.86. The molecule has 6 heteroatoms. The van der Waals surface area contributed by atoms with E-state index in [9.17, 15) is 4.79 Å². The summed E-state index contributed by atoms with van der Waals surface area (Å²) in [5.41, 5.74) is 0.520. The molecule has 1 heterocycles. The van der Waals surface area contributed by atoms with Crippen LogP contribution in [0.15, 0.2) is 18.2 Å². The van der Waals surface area contributed by atoms with E-state index in [0.717, 1.165) is 19.3 Å². The maximum atomic E-state index is 15.1. The molecular formula is C23H32FNO4. The summed E-state index contributed by atoms with van der Waals surface area (Å²) in [6.07, 6.45) is 3.01. The average Bonchev–Trinajstić information content (AvgIpc) is 3.19. The molecule has 29 heavy (non-hydrogen) atoms. The van der Waals surface area contributed by atoms with Crippen LogP contribution in [0.25, 0.3) is 0 Å². The van der Waals surface area contributed by atoms with Crippen LogP contribution in [0.1, 0.15) is 51.2 Å². The smallest absolute Gasteiger partial charge is 0.222 e. The van der Waals surface area contributed by atoms with Crippen molar-refractivity contribution in [3.8, 4) is 5.75 Å². The predicted octanol–water partition coefficient (Wildman–Crippen LogP) is 3.87. The summed E-state index contributed by atoms with van der Waals surface area (Å²) in [7, 11) is 3.09. The molecule has 5 atom stereocenters. The summed E-state index contributed by atoms with van der Waals surface area (Å²) in [6, 6.07) is 5.33. The van der Waals surface area contributed by atoms with Crippen LogP contribution in [0.5, 0.6) is 5.75 Å². The first-order chi connectivity index (χ1) is 13.8. The first-order valence-corrected chi connectivity index (χ1v) is 10.6. The lowest BCUT2D eigenvalue weighted by molar-refractivity contribution is -0.138. The Bertz CT molecular complexity index is 782. The summed E-state index contributed by atoms with van der Waals surface area (Å²) in [6.45, 7) is 5.52. The van der Waals surface area contributed by atoms with Gasteiger partial charge < -0.3 is 19.5 Å². The largest absolute Gasteiger partial charge is 0.494 e. The number of ether oxygens (including phenoxy) is 3. The lowest BCUT2D eigenvalue weighted by Gasteiger charge is -2.53. The van der Waals surface area contributed by atoms with Crippen molar-refractivity contribution in [1.82, 2.24) is 5.32 Å². The molecule has 3 fully saturated rings. The van der Waals surface area contributed by atoms with E-state index in [1.807, 2.05) is 12.1 Å². The van der Waals surface area contributed by atoms with Crippen LogP contribution in [0, 0.1) is 28.5 Å². The standard InChI is InChI=1S/C23H32FNO4/c1-22(2)14-12-16-20(15-6-5-7-17(28-4)19(15)24)29-11-9-23(16,13-14)21(22)25-18(26)8-10-27-3/h5-7,14,16,20-21H,8-13H2,1-4H3,(H,25,26)/t14-,16-,20-,21+,23?/m1/s1. The molecule has 0 aromatic heterocycles. The summed E-state index contributed by atoms with van der Waals surface area (Å²) in [5.74, 6) is 0.612. The minimum atomic E-state index is -0.334. The molecule has 1 N–H and O–H groups in total. The van der Waals surface area contributed by atoms with Gasteiger partial charge in [-0.3, -0.25) is 4.79 Å². The van der Waals surface area contributed by atoms with E-state index in [0.29, 0.717) is 31.1 Å². The molecule has 1 spiro atoms. The molecule has 1 unspecified atom stereocenters. The molecule has 3 aliphatic rings. The Labute approximate surface area is 172 Å². The number of benzene rings is 1. The van der Waals surface area contributed by atoms with Gasteiger partial charge in [-0.2, -0.15) is 0 Å². The molecule has 1 aromatic carbocycles. The zero-order valence-electron chi connectivity index (χ0n) is 17.8. The molecule has 2 saturated carbocycles. The van der Waals surface area contributed by atoms with Crippen molar-refractivity contribution in [3.05, 3.63) is 29.6 Å². The summed E-state index contributed by atoms with van der Waals surface area (Å²) in [5, 5.41) is 3.34. The molecule has 1 aliphatic heterocycles. The van der Waals surface area contributed by atoms with Crippen molar-refractivity contribution < 1.29 is 23.4 Å². The fourth-order valence-electron chi connectivity index (χ4n) is 6.43. The van der Waals surface area contributed by atoms with Gasteiger partial charge in [-0.15, -0.1) is 0 Å². The number of methoxy groups -OCH3 is 2. The second kappa shape index (κ2) is 7.55. The van der Waals surface area contributed by atoms with Gasteiger partial charge in [-0.05, 0) is 48.0 Å². The molecule has 0 radical (unpaired) electrons. The third kappa shape index (κ3) is 3.15. The van der Waals surface area contributed by atoms with Gasteiger partial charge in [0.2, 0.25) is 5.91 Å². The Morgan fingerprint density at radius 3 is 2.86 bits per heavy atom. The number of halogens is 1. The quantitative estimate of drug-likeness (QED) is 0.781. The Kier molecular flexibility index (Phi) is 5.36. The molecule has 2 aliphatic carbocycles. The molecule has 5 nitrogen and oxygen atoms in total. The van der Waals surface area contributed by atoms with Crippen molar-refractivity contribution in [1.29, 1.82) is 0 Å². The highest BCUT2D eigenvalue weighted by Crippen LogP contribution is 2.70. The first kappa shape index (κ1) is 20.6. The minimum absolute atomic E-state index is 0.00798. The Balaban J connectivity index is 1.66. The van der Waals surface area contributed by atoms with Crippen LogP contribution in [0.2, 0.25) is 0 Å². The van der Waals surface area contributed by atoms with E-state index in [-0.39, 0.29) is 46.4 Å². The fourth-order valence-corrected chi connectivity index (χ4v) is 6.43. The molecule has 1 aromatic rings. The lowest BCUT2D eigenvalue weighted by Crippen LogP contribution is -2.59. The molecule has 4 rings (SSSR count). The Morgan fingerprint density at radius 1 is 1.34 bits per heavy atom. The maximum absolute atomic E-state index is 15.1. The maximum Gasteiger partial charge on any atom is 0.222 e. The third-order valence-electron chi connectivity index (χ3n) is 7.86. The Morgan fingerprint density at radius 2 is 2.14 bits per heavy atom. The monoisotopic (exact) mass is 405 g/mol. The summed E-state index contributed by atoms with van der Waals surface area (Å²) in [4.78, 5) is 12.6. The predicted molar refractivity (Wildman–Crippen MR) is 107 cm³/mol. The second-order valence-electron chi connectivity index (χ2n) is 9.45. The van der Waals surface area contributed by atoms with Crippen molar-refractivity contribution in [2.75, 3.05) is 27.4 Å². The topological polar surface area (TPSA) is 56.8 Å². The van der Waals surface area contributed by atoms with Crippen molar-refractivity contribution >= 4 is 5.91 Å². The van der Waals surface area contributed by atoms with Crippen molar-refractivity contribution in [2.45, 2.75) is 51.7 Å². The van der Waals surface area contributed by atoms with Gasteiger partial charge in [0.25, 0.3) is 0 Å². The van der Waals surface area contributed by atoms with Crippen LogP contribution in [0.4, 0.5) is 4.39 Å². The molecule has 1 amide bonds. The van der Waals surface area contributed by atoms with Crippen LogP contribution < -0.4 is 10.1 Å². The van der Waals surface area contributed by atoms with Gasteiger partial charge in [0.05, 0.1) is 19.8 Å². The van der Waals surface area contributed by atoms with Crippen LogP contribution in [-0.2, 0) is 14.3 Å². The number of hydrogen-bond acceptors (Lipinski definition) is 4. The van der Waals surface area contributed by atoms with Crippen molar-refractivity contribution in [3.63, 3.8) is 0 Å². The number of rotatable bonds is 6. The van der Waals surface area contributed by atoms with Crippen LogP contribution in [-0.4, -0.2) is 39.4 Å². The van der Waals surface area contributed by atoms with Crippen molar-refractivity contribution in [2.24, 2.45) is 22.7 Å². The summed E-state index contributed by atoms with van der Waals surface area (Å²) < 4.78 is 31.5. The first-order valence-electron chi connectivity index (χ1n) is 10.6. The number of nitrogens with one attached hydrogen (secondary N) is 1. The number of carbonyl (C=O) groups excluding carboxylic acids is 1. The number of hydrogen-bond donors (Lipinski definition) is 1. The number of carbonyl (C=O) groups is 1. The molecule has 1 saturated heterocycles. The minimum Gasteiger partial charge on any atom is -0.494 e. The Hall–Kier alpha value is -1.66. The highest BCUT2D eigenvalue weighted by Gasteiger charge is 2.68. The zero-order chi connectivity index (χ0) is 20.8. The van der Waals surface area contributed by atoms with Gasteiger partial charge in [-0.25, -0.2) is 4.39 Å². The molecular weight excluding hydrogens is 373 g/mol. The van der Waals surface area contributed by atoms with Gasteiger partial charge in [0, 0.05) is 31.7 Å².